The summed E-state index contributed by atoms with van der Waals surface area (Å²) < 4.78 is 18.6. The molecule has 212 valence electrons. The Hall–Kier alpha value is -6.00. The highest BCUT2D eigenvalue weighted by atomic mass is 19.1. The molecule has 45 heavy (non-hydrogen) atoms. The number of rotatable bonds is 3. The molecule has 0 spiro atoms. The van der Waals surface area contributed by atoms with Crippen LogP contribution in [0.5, 0.6) is 0 Å². The number of pyridine rings is 1. The van der Waals surface area contributed by atoms with Gasteiger partial charge in [-0.05, 0) is 70.4 Å². The molecular formula is C41H26FN3. The fourth-order valence-electron chi connectivity index (χ4n) is 6.88. The molecule has 6 aromatic carbocycles. The fourth-order valence-corrected chi connectivity index (χ4v) is 6.88. The molecule has 0 saturated carbocycles. The Labute approximate surface area is 260 Å². The first-order valence-electron chi connectivity index (χ1n) is 15.1. The van der Waals surface area contributed by atoms with Crippen LogP contribution in [0.15, 0.2) is 158 Å². The second-order valence-corrected chi connectivity index (χ2v) is 11.4. The SMILES string of the molecule is Fc1cc(-c2ccccc2)ccc1-n1c2c(c3ccccc31)-c1cc3ccccc3cc1N(c1ccccc1)c1ccncc1-2. The molecule has 0 aliphatic carbocycles. The van der Waals surface area contributed by atoms with Gasteiger partial charge in [0.25, 0.3) is 0 Å². The minimum absolute atomic E-state index is 0.284. The van der Waals surface area contributed by atoms with Gasteiger partial charge in [-0.3, -0.25) is 4.98 Å². The first-order chi connectivity index (χ1) is 22.3. The zero-order chi connectivity index (χ0) is 29.9. The highest BCUT2D eigenvalue weighted by molar-refractivity contribution is 6.14. The van der Waals surface area contributed by atoms with Crippen LogP contribution in [0.3, 0.4) is 0 Å². The summed E-state index contributed by atoms with van der Waals surface area (Å²) in [4.78, 5) is 6.94. The molecule has 9 rings (SSSR count). The summed E-state index contributed by atoms with van der Waals surface area (Å²) in [5.74, 6) is -0.284. The molecule has 0 amide bonds. The smallest absolute Gasteiger partial charge is 0.147 e. The van der Waals surface area contributed by atoms with E-state index in [-0.39, 0.29) is 5.82 Å². The number of halogens is 1. The number of benzene rings is 6. The van der Waals surface area contributed by atoms with E-state index in [2.05, 4.69) is 99.4 Å². The minimum atomic E-state index is -0.284. The van der Waals surface area contributed by atoms with Crippen molar-refractivity contribution in [2.24, 2.45) is 0 Å². The van der Waals surface area contributed by atoms with Gasteiger partial charge in [0, 0.05) is 40.2 Å². The first kappa shape index (κ1) is 25.5. The van der Waals surface area contributed by atoms with Gasteiger partial charge in [0.2, 0.25) is 0 Å². The number of fused-ring (bicyclic) bond motifs is 8. The second-order valence-electron chi connectivity index (χ2n) is 11.4. The van der Waals surface area contributed by atoms with Crippen LogP contribution in [0.25, 0.3) is 60.9 Å². The predicted molar refractivity (Wildman–Crippen MR) is 183 cm³/mol. The fraction of sp³-hybridized carbons (Fsp3) is 0. The van der Waals surface area contributed by atoms with Gasteiger partial charge in [0.1, 0.15) is 5.82 Å². The molecule has 2 aromatic heterocycles. The van der Waals surface area contributed by atoms with Crippen molar-refractivity contribution in [3.8, 4) is 39.2 Å². The van der Waals surface area contributed by atoms with E-state index in [1.54, 1.807) is 6.07 Å². The summed E-state index contributed by atoms with van der Waals surface area (Å²) in [5, 5.41) is 3.36. The van der Waals surface area contributed by atoms with Crippen LogP contribution >= 0.6 is 0 Å². The third-order valence-corrected chi connectivity index (χ3v) is 8.85. The maximum Gasteiger partial charge on any atom is 0.147 e. The van der Waals surface area contributed by atoms with E-state index in [4.69, 9.17) is 0 Å². The number of aromatic nitrogens is 2. The summed E-state index contributed by atoms with van der Waals surface area (Å²) in [5.41, 5.74) is 10.3. The zero-order valence-corrected chi connectivity index (χ0v) is 24.2. The molecule has 4 heteroatoms. The number of hydrogen-bond acceptors (Lipinski definition) is 2. The lowest BCUT2D eigenvalue weighted by molar-refractivity contribution is 0.620. The Morgan fingerprint density at radius 2 is 1.24 bits per heavy atom. The summed E-state index contributed by atoms with van der Waals surface area (Å²) >= 11 is 0. The van der Waals surface area contributed by atoms with Crippen LogP contribution < -0.4 is 4.90 Å². The van der Waals surface area contributed by atoms with Crippen LogP contribution in [0.2, 0.25) is 0 Å². The number of hydrogen-bond donors (Lipinski definition) is 0. The van der Waals surface area contributed by atoms with E-state index in [0.29, 0.717) is 5.69 Å². The molecule has 3 heterocycles. The number of para-hydroxylation sites is 2. The van der Waals surface area contributed by atoms with Gasteiger partial charge in [-0.15, -0.1) is 0 Å². The van der Waals surface area contributed by atoms with Crippen molar-refractivity contribution in [1.82, 2.24) is 9.55 Å². The van der Waals surface area contributed by atoms with Crippen LogP contribution in [0.4, 0.5) is 21.5 Å². The number of nitrogens with zero attached hydrogens (tertiary/aromatic N) is 3. The molecule has 8 aromatic rings. The zero-order valence-electron chi connectivity index (χ0n) is 24.2. The summed E-state index contributed by atoms with van der Waals surface area (Å²) in [6.07, 6.45) is 3.75. The van der Waals surface area contributed by atoms with Crippen molar-refractivity contribution in [1.29, 1.82) is 0 Å². The molecule has 0 atom stereocenters. The van der Waals surface area contributed by atoms with Gasteiger partial charge >= 0.3 is 0 Å². The summed E-state index contributed by atoms with van der Waals surface area (Å²) in [6.45, 7) is 0. The van der Waals surface area contributed by atoms with Gasteiger partial charge in [0.05, 0.1) is 28.3 Å². The summed E-state index contributed by atoms with van der Waals surface area (Å²) in [6, 6.07) is 49.3. The molecule has 0 radical (unpaired) electrons. The lowest BCUT2D eigenvalue weighted by atomic mass is 9.96. The van der Waals surface area contributed by atoms with E-state index < -0.39 is 0 Å². The average Bonchev–Trinajstić information content (AvgIpc) is 3.38. The molecule has 0 fully saturated rings. The highest BCUT2D eigenvalue weighted by Crippen LogP contribution is 2.55. The Bertz CT molecular complexity index is 2390. The predicted octanol–water partition coefficient (Wildman–Crippen LogP) is 11.1. The molecule has 0 bridgehead atoms. The van der Waals surface area contributed by atoms with Crippen molar-refractivity contribution in [2.75, 3.05) is 4.90 Å². The second kappa shape index (κ2) is 10.0. The summed E-state index contributed by atoms with van der Waals surface area (Å²) in [7, 11) is 0. The van der Waals surface area contributed by atoms with E-state index in [1.807, 2.05) is 67.0 Å². The highest BCUT2D eigenvalue weighted by Gasteiger charge is 2.32. The maximum absolute atomic E-state index is 16.5. The Morgan fingerprint density at radius 3 is 2.04 bits per heavy atom. The van der Waals surface area contributed by atoms with E-state index >= 15 is 4.39 Å². The maximum atomic E-state index is 16.5. The molecule has 0 N–H and O–H groups in total. The van der Waals surface area contributed by atoms with Crippen LogP contribution in [0.1, 0.15) is 0 Å². The average molecular weight is 580 g/mol. The lowest BCUT2D eigenvalue weighted by Crippen LogP contribution is -2.11. The topological polar surface area (TPSA) is 21.1 Å². The van der Waals surface area contributed by atoms with Crippen molar-refractivity contribution < 1.29 is 4.39 Å². The van der Waals surface area contributed by atoms with E-state index in [0.717, 1.165) is 72.2 Å². The van der Waals surface area contributed by atoms with Gasteiger partial charge in [-0.2, -0.15) is 0 Å². The monoisotopic (exact) mass is 579 g/mol. The van der Waals surface area contributed by atoms with Crippen LogP contribution in [-0.2, 0) is 0 Å². The normalized spacial score (nSPS) is 12.1. The molecule has 0 unspecified atom stereocenters. The Morgan fingerprint density at radius 1 is 0.533 bits per heavy atom. The standard InChI is InChI=1S/C41H26FN3/c42-35-24-30(27-11-3-1-4-12-27)19-20-38(35)45-36-18-10-9-17-32(36)40-33-23-28-13-7-8-14-29(28)25-39(33)44(31-15-5-2-6-16-31)37-21-22-43-26-34(37)41(40)45/h1-26H. The Balaban J connectivity index is 1.43. The Kier molecular flexibility index (Phi) is 5.69. The van der Waals surface area contributed by atoms with Gasteiger partial charge in [-0.1, -0.05) is 97.1 Å². The molecular weight excluding hydrogens is 553 g/mol. The molecule has 1 aliphatic heterocycles. The van der Waals surface area contributed by atoms with Crippen molar-refractivity contribution in [3.05, 3.63) is 164 Å². The van der Waals surface area contributed by atoms with Crippen molar-refractivity contribution >= 4 is 38.7 Å². The van der Waals surface area contributed by atoms with Crippen molar-refractivity contribution in [2.45, 2.75) is 0 Å². The quantitative estimate of drug-likeness (QED) is 0.208. The molecule has 1 aliphatic rings. The molecule has 0 saturated heterocycles. The third-order valence-electron chi connectivity index (χ3n) is 8.85. The van der Waals surface area contributed by atoms with Crippen LogP contribution in [-0.4, -0.2) is 9.55 Å². The molecule has 3 nitrogen and oxygen atoms in total. The minimum Gasteiger partial charge on any atom is -0.309 e. The van der Waals surface area contributed by atoms with Gasteiger partial charge in [-0.25, -0.2) is 4.39 Å². The van der Waals surface area contributed by atoms with Gasteiger partial charge in [0.15, 0.2) is 0 Å². The largest absolute Gasteiger partial charge is 0.309 e. The third kappa shape index (κ3) is 3.93. The van der Waals surface area contributed by atoms with E-state index in [1.165, 1.54) is 0 Å². The number of anilines is 3. The van der Waals surface area contributed by atoms with Gasteiger partial charge < -0.3 is 9.47 Å². The van der Waals surface area contributed by atoms with Crippen molar-refractivity contribution in [3.63, 3.8) is 0 Å². The van der Waals surface area contributed by atoms with Crippen LogP contribution in [0, 0.1) is 5.82 Å². The first-order valence-corrected chi connectivity index (χ1v) is 15.1. The lowest BCUT2D eigenvalue weighted by Gasteiger charge is -2.27. The van der Waals surface area contributed by atoms with E-state index in [9.17, 15) is 0 Å².